The maximum atomic E-state index is 13.6. The summed E-state index contributed by atoms with van der Waals surface area (Å²) in [6.45, 7) is 0.864. The third kappa shape index (κ3) is 7.92. The predicted octanol–water partition coefficient (Wildman–Crippen LogP) is 3.70. The van der Waals surface area contributed by atoms with Crippen molar-refractivity contribution in [3.63, 3.8) is 0 Å². The van der Waals surface area contributed by atoms with E-state index in [2.05, 4.69) is 5.32 Å². The molecule has 0 bridgehead atoms. The van der Waals surface area contributed by atoms with Crippen LogP contribution in [0.5, 0.6) is 17.2 Å². The monoisotopic (exact) mass is 599 g/mol. The fraction of sp³-hybridized carbons (Fsp3) is 0.367. The Kier molecular flexibility index (Phi) is 10.5. The van der Waals surface area contributed by atoms with Crippen molar-refractivity contribution in [3.8, 4) is 17.2 Å². The van der Waals surface area contributed by atoms with Gasteiger partial charge in [0.15, 0.2) is 11.5 Å². The van der Waals surface area contributed by atoms with E-state index in [1.165, 1.54) is 15.9 Å². The first-order valence-electron chi connectivity index (χ1n) is 13.3. The zero-order valence-corrected chi connectivity index (χ0v) is 24.7. The van der Waals surface area contributed by atoms with Gasteiger partial charge in [-0.3, -0.25) is 14.4 Å². The third-order valence-electron chi connectivity index (χ3n) is 7.06. The van der Waals surface area contributed by atoms with Crippen LogP contribution in [-0.4, -0.2) is 79.1 Å². The van der Waals surface area contributed by atoms with Gasteiger partial charge in [-0.15, -0.1) is 11.3 Å². The van der Waals surface area contributed by atoms with Crippen LogP contribution in [0.2, 0.25) is 5.02 Å². The Morgan fingerprint density at radius 1 is 1.05 bits per heavy atom. The highest BCUT2D eigenvalue weighted by atomic mass is 35.5. The molecule has 1 aromatic heterocycles. The highest BCUT2D eigenvalue weighted by molar-refractivity contribution is 7.09. The topological polar surface area (TPSA) is 108 Å². The van der Waals surface area contributed by atoms with Gasteiger partial charge in [0.2, 0.25) is 17.7 Å². The Balaban J connectivity index is 1.41. The molecule has 1 saturated heterocycles. The van der Waals surface area contributed by atoms with Crippen molar-refractivity contribution in [3.05, 3.63) is 74.9 Å². The van der Waals surface area contributed by atoms with Crippen LogP contribution >= 0.6 is 22.9 Å². The zero-order chi connectivity index (χ0) is 29.4. The number of nitrogens with zero attached hydrogens (tertiary/aromatic N) is 2. The average molecular weight is 600 g/mol. The maximum Gasteiger partial charge on any atom is 0.246 e. The number of ether oxygens (including phenoxy) is 2. The molecular weight excluding hydrogens is 566 g/mol. The first-order chi connectivity index (χ1) is 19.8. The second-order valence-electron chi connectivity index (χ2n) is 9.71. The second kappa shape index (κ2) is 14.2. The molecule has 0 spiro atoms. The number of nitrogens with one attached hydrogen (secondary N) is 1. The molecule has 9 nitrogen and oxygen atoms in total. The van der Waals surface area contributed by atoms with Crippen molar-refractivity contribution in [1.82, 2.24) is 15.1 Å². The Morgan fingerprint density at radius 3 is 2.56 bits per heavy atom. The number of hydrogen-bond donors (Lipinski definition) is 2. The highest BCUT2D eigenvalue weighted by Gasteiger charge is 2.40. The number of amides is 3. The number of rotatable bonds is 13. The van der Waals surface area contributed by atoms with Crippen LogP contribution in [0, 0.1) is 0 Å². The largest absolute Gasteiger partial charge is 0.508 e. The summed E-state index contributed by atoms with van der Waals surface area (Å²) < 4.78 is 10.6. The zero-order valence-electron chi connectivity index (χ0n) is 23.1. The minimum atomic E-state index is -0.906. The lowest BCUT2D eigenvalue weighted by Gasteiger charge is -2.40. The number of thiophene rings is 1. The van der Waals surface area contributed by atoms with E-state index in [-0.39, 0.29) is 43.0 Å². The first kappa shape index (κ1) is 30.2. The standard InChI is InChI=1S/C30H34ClN3O6S/c1-39-26-8-5-20(16-27(26)40-2)9-12-32-28(36)18-24-30(38)33(13-10-21-6-7-22(31)17-25(21)35)19-29(37)34(24)14-11-23-4-3-15-41-23/h3-8,15-17,24,35H,9-14,18-19H2,1-2H3,(H,32,36). The lowest BCUT2D eigenvalue weighted by atomic mass is 10.0. The lowest BCUT2D eigenvalue weighted by molar-refractivity contribution is -0.157. The van der Waals surface area contributed by atoms with Crippen molar-refractivity contribution in [2.24, 2.45) is 0 Å². The number of carbonyl (C=O) groups is 3. The maximum absolute atomic E-state index is 13.6. The molecule has 1 aliphatic rings. The third-order valence-corrected chi connectivity index (χ3v) is 8.23. The van der Waals surface area contributed by atoms with Gasteiger partial charge in [-0.25, -0.2) is 0 Å². The van der Waals surface area contributed by atoms with Crippen molar-refractivity contribution in [2.45, 2.75) is 31.7 Å². The molecule has 1 aliphatic heterocycles. The van der Waals surface area contributed by atoms with E-state index in [4.69, 9.17) is 21.1 Å². The Hall–Kier alpha value is -3.76. The fourth-order valence-electron chi connectivity index (χ4n) is 4.84. The van der Waals surface area contributed by atoms with Crippen molar-refractivity contribution in [1.29, 1.82) is 0 Å². The number of methoxy groups -OCH3 is 2. The molecule has 3 amide bonds. The second-order valence-corrected chi connectivity index (χ2v) is 11.2. The van der Waals surface area contributed by atoms with E-state index in [1.54, 1.807) is 37.7 Å². The summed E-state index contributed by atoms with van der Waals surface area (Å²) in [5.41, 5.74) is 1.58. The van der Waals surface area contributed by atoms with Crippen LogP contribution in [0.4, 0.5) is 0 Å². The van der Waals surface area contributed by atoms with Gasteiger partial charge in [0.1, 0.15) is 11.8 Å². The summed E-state index contributed by atoms with van der Waals surface area (Å²) in [5, 5.41) is 15.5. The number of aromatic hydroxyl groups is 1. The number of benzene rings is 2. The van der Waals surface area contributed by atoms with Crippen molar-refractivity contribution < 1.29 is 29.0 Å². The summed E-state index contributed by atoms with van der Waals surface area (Å²) in [6, 6.07) is 13.4. The van der Waals surface area contributed by atoms with E-state index < -0.39 is 6.04 Å². The smallest absolute Gasteiger partial charge is 0.246 e. The molecule has 0 saturated carbocycles. The molecule has 41 heavy (non-hydrogen) atoms. The SMILES string of the molecule is COc1ccc(CCNC(=O)CC2C(=O)N(CCc3ccc(Cl)cc3O)CC(=O)N2CCc2cccs2)cc1OC. The minimum Gasteiger partial charge on any atom is -0.508 e. The molecule has 4 rings (SSSR count). The normalized spacial score (nSPS) is 15.2. The number of carbonyl (C=O) groups excluding carboxylic acids is 3. The van der Waals surface area contributed by atoms with Gasteiger partial charge in [0.05, 0.1) is 27.2 Å². The molecule has 2 aromatic carbocycles. The molecule has 2 N–H and O–H groups in total. The minimum absolute atomic E-state index is 0.0382. The Labute approximate surface area is 248 Å². The van der Waals surface area contributed by atoms with Gasteiger partial charge in [-0.2, -0.15) is 0 Å². The van der Waals surface area contributed by atoms with E-state index >= 15 is 0 Å². The van der Waals surface area contributed by atoms with E-state index in [9.17, 15) is 19.5 Å². The molecule has 1 atom stereocenters. The molecule has 0 radical (unpaired) electrons. The summed E-state index contributed by atoms with van der Waals surface area (Å²) in [7, 11) is 3.14. The van der Waals surface area contributed by atoms with Gasteiger partial charge in [0.25, 0.3) is 0 Å². The molecule has 1 fully saturated rings. The summed E-state index contributed by atoms with van der Waals surface area (Å²) in [5.74, 6) is 0.477. The number of hydrogen-bond acceptors (Lipinski definition) is 7. The van der Waals surface area contributed by atoms with Gasteiger partial charge in [-0.05, 0) is 66.1 Å². The summed E-state index contributed by atoms with van der Waals surface area (Å²) in [4.78, 5) is 44.0. The number of piperazine rings is 1. The molecular formula is C30H34ClN3O6S. The Bertz CT molecular complexity index is 1370. The number of halogens is 1. The van der Waals surface area contributed by atoms with E-state index in [1.807, 2.05) is 35.7 Å². The number of phenols is 1. The van der Waals surface area contributed by atoms with Gasteiger partial charge in [0, 0.05) is 29.5 Å². The van der Waals surface area contributed by atoms with E-state index in [0.717, 1.165) is 10.4 Å². The van der Waals surface area contributed by atoms with Crippen LogP contribution in [0.25, 0.3) is 0 Å². The highest BCUT2D eigenvalue weighted by Crippen LogP contribution is 2.28. The van der Waals surface area contributed by atoms with Crippen molar-refractivity contribution in [2.75, 3.05) is 40.4 Å². The quantitative estimate of drug-likeness (QED) is 0.310. The van der Waals surface area contributed by atoms with Gasteiger partial charge >= 0.3 is 0 Å². The van der Waals surface area contributed by atoms with Crippen molar-refractivity contribution >= 4 is 40.7 Å². The first-order valence-corrected chi connectivity index (χ1v) is 14.6. The predicted molar refractivity (Wildman–Crippen MR) is 158 cm³/mol. The van der Waals surface area contributed by atoms with Crippen LogP contribution in [-0.2, 0) is 33.6 Å². The molecule has 3 aromatic rings. The molecule has 0 aliphatic carbocycles. The average Bonchev–Trinajstić information content (AvgIpc) is 3.48. The summed E-state index contributed by atoms with van der Waals surface area (Å²) in [6.07, 6.45) is 1.38. The molecule has 2 heterocycles. The van der Waals surface area contributed by atoms with E-state index in [0.29, 0.717) is 54.4 Å². The van der Waals surface area contributed by atoms with Gasteiger partial charge < -0.3 is 29.7 Å². The number of phenolic OH excluding ortho intramolecular Hbond substituents is 1. The van der Waals surface area contributed by atoms with Gasteiger partial charge in [-0.1, -0.05) is 29.8 Å². The van der Waals surface area contributed by atoms with Crippen LogP contribution in [0.1, 0.15) is 22.4 Å². The van der Waals surface area contributed by atoms with Crippen LogP contribution in [0.15, 0.2) is 53.9 Å². The van der Waals surface area contributed by atoms with Crippen LogP contribution in [0.3, 0.4) is 0 Å². The molecule has 11 heteroatoms. The fourth-order valence-corrected chi connectivity index (χ4v) is 5.70. The molecule has 218 valence electrons. The Morgan fingerprint density at radius 2 is 1.85 bits per heavy atom. The lowest BCUT2D eigenvalue weighted by Crippen LogP contribution is -2.61. The van der Waals surface area contributed by atoms with Crippen LogP contribution < -0.4 is 14.8 Å². The molecule has 1 unspecified atom stereocenters. The summed E-state index contributed by atoms with van der Waals surface area (Å²) >= 11 is 7.52.